The Morgan fingerprint density at radius 1 is 0.865 bits per heavy atom. The van der Waals surface area contributed by atoms with Crippen molar-refractivity contribution in [2.24, 2.45) is 5.92 Å². The van der Waals surface area contributed by atoms with Crippen molar-refractivity contribution in [3.05, 3.63) is 48.0 Å². The van der Waals surface area contributed by atoms with E-state index in [-0.39, 0.29) is 11.8 Å². The fraction of sp³-hybridized carbons (Fsp3) is 0.607. The van der Waals surface area contributed by atoms with Gasteiger partial charge in [-0.1, -0.05) is 30.3 Å². The predicted octanol–water partition coefficient (Wildman–Crippen LogP) is 2.22. The van der Waals surface area contributed by atoms with Crippen molar-refractivity contribution < 1.29 is 9.53 Å². The number of carbonyl (C=O) groups excluding carboxylic acids is 1. The molecule has 0 atom stereocenters. The molecule has 1 amide bonds. The van der Waals surface area contributed by atoms with Gasteiger partial charge in [-0.25, -0.2) is 0 Å². The van der Waals surface area contributed by atoms with Crippen molar-refractivity contribution in [2.45, 2.75) is 38.3 Å². The number of hydrogen-bond donors (Lipinski definition) is 2. The zero-order valence-electron chi connectivity index (χ0n) is 21.9. The van der Waals surface area contributed by atoms with E-state index in [1.54, 1.807) is 0 Å². The van der Waals surface area contributed by atoms with Crippen LogP contribution in [0.5, 0.6) is 0 Å². The number of carbonyl (C=O) groups is 1. The zero-order valence-corrected chi connectivity index (χ0v) is 21.9. The maximum Gasteiger partial charge on any atom is 0.223 e. The monoisotopic (exact) mass is 507 g/mol. The number of likely N-dealkylation sites (tertiary alicyclic amines) is 1. The van der Waals surface area contributed by atoms with Gasteiger partial charge in [0.25, 0.3) is 0 Å². The number of nitrogens with zero attached hydrogens (tertiary/aromatic N) is 5. The maximum absolute atomic E-state index is 13.0. The molecule has 2 N–H and O–H groups in total. The molecule has 0 unspecified atom stereocenters. The number of nitrogens with one attached hydrogen (secondary N) is 2. The average Bonchev–Trinajstić information content (AvgIpc) is 2.96. The lowest BCUT2D eigenvalue weighted by molar-refractivity contribution is -0.126. The van der Waals surface area contributed by atoms with Gasteiger partial charge in [-0.15, -0.1) is 10.2 Å². The summed E-state index contributed by atoms with van der Waals surface area (Å²) in [4.78, 5) is 20.1. The summed E-state index contributed by atoms with van der Waals surface area (Å²) in [5, 5.41) is 15.5. The Labute approximate surface area is 220 Å². The van der Waals surface area contributed by atoms with Crippen molar-refractivity contribution in [2.75, 3.05) is 75.8 Å². The molecule has 0 radical (unpaired) electrons. The number of aromatic nitrogens is 2. The highest BCUT2D eigenvalue weighted by Gasteiger charge is 2.28. The van der Waals surface area contributed by atoms with Gasteiger partial charge in [-0.3, -0.25) is 14.6 Å². The van der Waals surface area contributed by atoms with Crippen LogP contribution < -0.4 is 15.5 Å². The predicted molar refractivity (Wildman–Crippen MR) is 146 cm³/mol. The highest BCUT2D eigenvalue weighted by molar-refractivity contribution is 5.79. The first-order valence-corrected chi connectivity index (χ1v) is 13.9. The van der Waals surface area contributed by atoms with Crippen molar-refractivity contribution in [1.82, 2.24) is 25.3 Å². The SMILES string of the molecule is O=C(NC1CCN(Cc2ccccc2)CC1)C1CCN(c2ccc(NCCN3CCOCC3)nn2)CC1. The van der Waals surface area contributed by atoms with E-state index in [2.05, 4.69) is 65.9 Å². The van der Waals surface area contributed by atoms with Gasteiger partial charge in [0, 0.05) is 70.9 Å². The van der Waals surface area contributed by atoms with E-state index in [0.29, 0.717) is 6.04 Å². The largest absolute Gasteiger partial charge is 0.379 e. The van der Waals surface area contributed by atoms with Crippen molar-refractivity contribution in [3.63, 3.8) is 0 Å². The first-order chi connectivity index (χ1) is 18.2. The van der Waals surface area contributed by atoms with Crippen LogP contribution in [0.15, 0.2) is 42.5 Å². The third-order valence-electron chi connectivity index (χ3n) is 7.86. The molecule has 4 heterocycles. The zero-order chi connectivity index (χ0) is 25.3. The lowest BCUT2D eigenvalue weighted by Crippen LogP contribution is -2.48. The lowest BCUT2D eigenvalue weighted by Gasteiger charge is -2.35. The standard InChI is InChI=1S/C28H41N7O2/c36-28(30-25-10-13-34(14-11-25)22-23-4-2-1-3-5-23)24-8-15-35(16-9-24)27-7-6-26(31-32-27)29-12-17-33-18-20-37-21-19-33/h1-7,24-25H,8-22H2,(H,29,31)(H,30,36). The number of hydrogen-bond acceptors (Lipinski definition) is 8. The molecule has 1 aromatic carbocycles. The fourth-order valence-electron chi connectivity index (χ4n) is 5.52. The van der Waals surface area contributed by atoms with Gasteiger partial charge in [-0.2, -0.15) is 0 Å². The van der Waals surface area contributed by atoms with E-state index in [4.69, 9.17) is 4.74 Å². The first-order valence-electron chi connectivity index (χ1n) is 13.9. The van der Waals surface area contributed by atoms with Crippen LogP contribution in [0, 0.1) is 5.92 Å². The topological polar surface area (TPSA) is 85.9 Å². The van der Waals surface area contributed by atoms with Gasteiger partial charge in [0.15, 0.2) is 5.82 Å². The molecular weight excluding hydrogens is 466 g/mol. The minimum absolute atomic E-state index is 0.0904. The smallest absolute Gasteiger partial charge is 0.223 e. The third-order valence-corrected chi connectivity index (χ3v) is 7.86. The molecule has 5 rings (SSSR count). The summed E-state index contributed by atoms with van der Waals surface area (Å²) < 4.78 is 5.40. The number of benzene rings is 1. The second-order valence-corrected chi connectivity index (χ2v) is 10.5. The van der Waals surface area contributed by atoms with Crippen LogP contribution in [-0.2, 0) is 16.1 Å². The number of rotatable bonds is 9. The number of anilines is 2. The van der Waals surface area contributed by atoms with Crippen LogP contribution in [0.4, 0.5) is 11.6 Å². The highest BCUT2D eigenvalue weighted by atomic mass is 16.5. The molecule has 3 saturated heterocycles. The molecule has 0 saturated carbocycles. The van der Waals surface area contributed by atoms with Gasteiger partial charge < -0.3 is 20.3 Å². The van der Waals surface area contributed by atoms with Crippen LogP contribution >= 0.6 is 0 Å². The third kappa shape index (κ3) is 7.63. The van der Waals surface area contributed by atoms with Crippen LogP contribution in [0.25, 0.3) is 0 Å². The molecule has 200 valence electrons. The average molecular weight is 508 g/mol. The normalized spacial score (nSPS) is 20.6. The van der Waals surface area contributed by atoms with Crippen molar-refractivity contribution >= 4 is 17.5 Å². The molecule has 0 spiro atoms. The van der Waals surface area contributed by atoms with Gasteiger partial charge in [0.1, 0.15) is 5.82 Å². The molecule has 0 bridgehead atoms. The van der Waals surface area contributed by atoms with Gasteiger partial charge in [-0.05, 0) is 43.4 Å². The Bertz CT molecular complexity index is 952. The van der Waals surface area contributed by atoms with E-state index in [1.807, 2.05) is 12.1 Å². The fourth-order valence-corrected chi connectivity index (χ4v) is 5.52. The van der Waals surface area contributed by atoms with E-state index in [0.717, 1.165) is 109 Å². The Kier molecular flexibility index (Phi) is 9.21. The van der Waals surface area contributed by atoms with E-state index < -0.39 is 0 Å². The Morgan fingerprint density at radius 2 is 1.62 bits per heavy atom. The summed E-state index contributed by atoms with van der Waals surface area (Å²) in [7, 11) is 0. The van der Waals surface area contributed by atoms with Crippen LogP contribution in [-0.4, -0.2) is 97.5 Å². The minimum Gasteiger partial charge on any atom is -0.379 e. The Hall–Kier alpha value is -2.75. The summed E-state index contributed by atoms with van der Waals surface area (Å²) in [5.41, 5.74) is 1.36. The van der Waals surface area contributed by atoms with Crippen LogP contribution in [0.2, 0.25) is 0 Å². The van der Waals surface area contributed by atoms with Crippen LogP contribution in [0.1, 0.15) is 31.2 Å². The molecule has 2 aromatic rings. The summed E-state index contributed by atoms with van der Waals surface area (Å²) >= 11 is 0. The molecule has 1 aromatic heterocycles. The lowest BCUT2D eigenvalue weighted by atomic mass is 9.94. The summed E-state index contributed by atoms with van der Waals surface area (Å²) in [5.74, 6) is 2.02. The number of amides is 1. The van der Waals surface area contributed by atoms with E-state index in [9.17, 15) is 4.79 Å². The number of morpholine rings is 1. The molecule has 3 aliphatic heterocycles. The van der Waals surface area contributed by atoms with Crippen molar-refractivity contribution in [3.8, 4) is 0 Å². The molecular formula is C28H41N7O2. The molecule has 3 aliphatic rings. The van der Waals surface area contributed by atoms with Gasteiger partial charge in [0.05, 0.1) is 13.2 Å². The quantitative estimate of drug-likeness (QED) is 0.535. The minimum atomic E-state index is 0.0904. The van der Waals surface area contributed by atoms with Crippen LogP contribution in [0.3, 0.4) is 0 Å². The van der Waals surface area contributed by atoms with E-state index >= 15 is 0 Å². The Morgan fingerprint density at radius 3 is 2.32 bits per heavy atom. The summed E-state index contributed by atoms with van der Waals surface area (Å²) in [6, 6.07) is 15.0. The maximum atomic E-state index is 13.0. The van der Waals surface area contributed by atoms with Gasteiger partial charge in [0.2, 0.25) is 5.91 Å². The highest BCUT2D eigenvalue weighted by Crippen LogP contribution is 2.23. The first kappa shape index (κ1) is 25.9. The summed E-state index contributed by atoms with van der Waals surface area (Å²) in [6.07, 6.45) is 3.78. The second kappa shape index (κ2) is 13.2. The molecule has 37 heavy (non-hydrogen) atoms. The number of piperidine rings is 2. The van der Waals surface area contributed by atoms with Crippen molar-refractivity contribution in [1.29, 1.82) is 0 Å². The molecule has 0 aliphatic carbocycles. The van der Waals surface area contributed by atoms with E-state index in [1.165, 1.54) is 5.56 Å². The molecule has 9 heteroatoms. The molecule has 9 nitrogen and oxygen atoms in total. The van der Waals surface area contributed by atoms with Gasteiger partial charge >= 0.3 is 0 Å². The number of ether oxygens (including phenoxy) is 1. The second-order valence-electron chi connectivity index (χ2n) is 10.5. The Balaban J connectivity index is 0.988. The molecule has 3 fully saturated rings. The summed E-state index contributed by atoms with van der Waals surface area (Å²) in [6.45, 7) is 10.2.